The van der Waals surface area contributed by atoms with Crippen molar-refractivity contribution in [3.63, 3.8) is 0 Å². The van der Waals surface area contributed by atoms with Crippen molar-refractivity contribution >= 4 is 11.5 Å². The molecule has 1 aliphatic rings. The Kier molecular flexibility index (Phi) is 3.46. The van der Waals surface area contributed by atoms with Crippen LogP contribution < -0.4 is 5.32 Å². The highest BCUT2D eigenvalue weighted by Gasteiger charge is 2.33. The van der Waals surface area contributed by atoms with Gasteiger partial charge in [0.1, 0.15) is 0 Å². The summed E-state index contributed by atoms with van der Waals surface area (Å²) in [5.41, 5.74) is -0.775. The summed E-state index contributed by atoms with van der Waals surface area (Å²) >= 11 is 0.938. The standard InChI is InChI=1S/C9H12F3N3S/c10-9(11,12)8-5-7(16-14-8)6-15-3-1-13-2-4-15/h5,13H,1-4,6H2. The molecule has 2 heterocycles. The molecule has 0 saturated carbocycles. The Morgan fingerprint density at radius 3 is 2.62 bits per heavy atom. The number of nitrogens with zero attached hydrogens (tertiary/aromatic N) is 2. The van der Waals surface area contributed by atoms with Crippen molar-refractivity contribution in [1.29, 1.82) is 0 Å². The van der Waals surface area contributed by atoms with E-state index in [1.807, 2.05) is 0 Å². The van der Waals surface area contributed by atoms with Crippen LogP contribution in [0.2, 0.25) is 0 Å². The largest absolute Gasteiger partial charge is 0.434 e. The molecule has 3 nitrogen and oxygen atoms in total. The van der Waals surface area contributed by atoms with Crippen LogP contribution in [0, 0.1) is 0 Å². The van der Waals surface area contributed by atoms with E-state index in [1.54, 1.807) is 0 Å². The number of hydrogen-bond acceptors (Lipinski definition) is 4. The summed E-state index contributed by atoms with van der Waals surface area (Å²) in [6, 6.07) is 1.15. The van der Waals surface area contributed by atoms with Gasteiger partial charge in [-0.25, -0.2) is 0 Å². The lowest BCUT2D eigenvalue weighted by atomic mass is 10.3. The summed E-state index contributed by atoms with van der Waals surface area (Å²) in [4.78, 5) is 2.80. The van der Waals surface area contributed by atoms with E-state index in [0.29, 0.717) is 11.4 Å². The fourth-order valence-electron chi connectivity index (χ4n) is 1.61. The van der Waals surface area contributed by atoms with Crippen molar-refractivity contribution in [2.75, 3.05) is 26.2 Å². The van der Waals surface area contributed by atoms with Crippen LogP contribution in [0.25, 0.3) is 0 Å². The van der Waals surface area contributed by atoms with Crippen molar-refractivity contribution in [3.8, 4) is 0 Å². The SMILES string of the molecule is FC(F)(F)c1cc(CN2CCNCC2)sn1. The van der Waals surface area contributed by atoms with E-state index in [1.165, 1.54) is 0 Å². The molecule has 1 aliphatic heterocycles. The van der Waals surface area contributed by atoms with Gasteiger partial charge in [-0.1, -0.05) is 0 Å². The van der Waals surface area contributed by atoms with Crippen LogP contribution in [0.3, 0.4) is 0 Å². The van der Waals surface area contributed by atoms with Crippen LogP contribution in [0.5, 0.6) is 0 Å². The average molecular weight is 251 g/mol. The zero-order valence-electron chi connectivity index (χ0n) is 8.55. The van der Waals surface area contributed by atoms with Crippen LogP contribution >= 0.6 is 11.5 Å². The lowest BCUT2D eigenvalue weighted by molar-refractivity contribution is -0.140. The molecule has 90 valence electrons. The minimum atomic E-state index is -4.32. The third-order valence-corrected chi connectivity index (χ3v) is 3.21. The topological polar surface area (TPSA) is 28.2 Å². The van der Waals surface area contributed by atoms with Crippen molar-refractivity contribution in [2.24, 2.45) is 0 Å². The van der Waals surface area contributed by atoms with Gasteiger partial charge in [0.05, 0.1) is 0 Å². The molecule has 1 saturated heterocycles. The monoisotopic (exact) mass is 251 g/mol. The van der Waals surface area contributed by atoms with Crippen LogP contribution in [-0.2, 0) is 12.7 Å². The molecule has 0 bridgehead atoms. The zero-order valence-corrected chi connectivity index (χ0v) is 9.37. The second-order valence-electron chi connectivity index (χ2n) is 3.70. The van der Waals surface area contributed by atoms with Gasteiger partial charge in [-0.05, 0) is 17.6 Å². The van der Waals surface area contributed by atoms with Gasteiger partial charge in [0.15, 0.2) is 5.69 Å². The summed E-state index contributed by atoms with van der Waals surface area (Å²) < 4.78 is 40.3. The molecule has 1 aromatic heterocycles. The van der Waals surface area contributed by atoms with Gasteiger partial charge >= 0.3 is 6.18 Å². The van der Waals surface area contributed by atoms with Gasteiger partial charge in [0.25, 0.3) is 0 Å². The molecule has 0 aromatic carbocycles. The number of hydrogen-bond donors (Lipinski definition) is 1. The van der Waals surface area contributed by atoms with E-state index >= 15 is 0 Å². The molecule has 0 radical (unpaired) electrons. The molecule has 0 atom stereocenters. The van der Waals surface area contributed by atoms with E-state index in [-0.39, 0.29) is 0 Å². The molecule has 0 unspecified atom stereocenters. The molecular weight excluding hydrogens is 239 g/mol. The predicted octanol–water partition coefficient (Wildman–Crippen LogP) is 1.57. The normalized spacial score (nSPS) is 18.9. The lowest BCUT2D eigenvalue weighted by Crippen LogP contribution is -2.42. The zero-order chi connectivity index (χ0) is 11.6. The van der Waals surface area contributed by atoms with Crippen molar-refractivity contribution < 1.29 is 13.2 Å². The Labute approximate surface area is 95.4 Å². The molecule has 16 heavy (non-hydrogen) atoms. The Balaban J connectivity index is 1.97. The van der Waals surface area contributed by atoms with E-state index in [4.69, 9.17) is 0 Å². The summed E-state index contributed by atoms with van der Waals surface area (Å²) in [5, 5.41) is 3.20. The molecule has 7 heteroatoms. The van der Waals surface area contributed by atoms with E-state index in [0.717, 1.165) is 43.8 Å². The second kappa shape index (κ2) is 4.68. The first-order valence-corrected chi connectivity index (χ1v) is 5.79. The molecule has 1 N–H and O–H groups in total. The number of rotatable bonds is 2. The highest BCUT2D eigenvalue weighted by Crippen LogP contribution is 2.30. The highest BCUT2D eigenvalue weighted by molar-refractivity contribution is 7.05. The quantitative estimate of drug-likeness (QED) is 0.864. The van der Waals surface area contributed by atoms with Gasteiger partial charge in [-0.2, -0.15) is 17.5 Å². The maximum atomic E-state index is 12.3. The minimum absolute atomic E-state index is 0.565. The summed E-state index contributed by atoms with van der Waals surface area (Å²) in [7, 11) is 0. The Morgan fingerprint density at radius 2 is 2.06 bits per heavy atom. The summed E-state index contributed by atoms with van der Waals surface area (Å²) in [5.74, 6) is 0. The Morgan fingerprint density at radius 1 is 1.38 bits per heavy atom. The van der Waals surface area contributed by atoms with E-state index in [2.05, 4.69) is 14.6 Å². The van der Waals surface area contributed by atoms with Crippen LogP contribution in [-0.4, -0.2) is 35.5 Å². The number of alkyl halides is 3. The number of nitrogens with one attached hydrogen (secondary N) is 1. The maximum Gasteiger partial charge on any atom is 0.434 e. The van der Waals surface area contributed by atoms with Crippen molar-refractivity contribution in [2.45, 2.75) is 12.7 Å². The first kappa shape index (κ1) is 11.8. The minimum Gasteiger partial charge on any atom is -0.314 e. The first-order valence-electron chi connectivity index (χ1n) is 5.01. The van der Waals surface area contributed by atoms with Crippen molar-refractivity contribution in [1.82, 2.24) is 14.6 Å². The average Bonchev–Trinajstić information content (AvgIpc) is 2.67. The second-order valence-corrected chi connectivity index (χ2v) is 4.59. The molecule has 2 rings (SSSR count). The number of piperazine rings is 1. The van der Waals surface area contributed by atoms with Crippen LogP contribution in [0.4, 0.5) is 13.2 Å². The van der Waals surface area contributed by atoms with Crippen LogP contribution in [0.15, 0.2) is 6.07 Å². The van der Waals surface area contributed by atoms with E-state index < -0.39 is 11.9 Å². The molecular formula is C9H12F3N3S. The number of aromatic nitrogens is 1. The highest BCUT2D eigenvalue weighted by atomic mass is 32.1. The maximum absolute atomic E-state index is 12.3. The molecule has 0 aliphatic carbocycles. The van der Waals surface area contributed by atoms with Gasteiger partial charge in [0, 0.05) is 37.6 Å². The molecule has 0 spiro atoms. The lowest BCUT2D eigenvalue weighted by Gasteiger charge is -2.26. The third-order valence-electron chi connectivity index (χ3n) is 2.44. The fourth-order valence-corrected chi connectivity index (χ4v) is 2.39. The Hall–Kier alpha value is -0.660. The van der Waals surface area contributed by atoms with E-state index in [9.17, 15) is 13.2 Å². The number of halogens is 3. The van der Waals surface area contributed by atoms with Gasteiger partial charge < -0.3 is 5.32 Å². The summed E-state index contributed by atoms with van der Waals surface area (Å²) in [6.07, 6.45) is -4.32. The third kappa shape index (κ3) is 2.93. The predicted molar refractivity (Wildman–Crippen MR) is 55.3 cm³/mol. The van der Waals surface area contributed by atoms with Gasteiger partial charge in [0.2, 0.25) is 0 Å². The first-order chi connectivity index (χ1) is 7.55. The fraction of sp³-hybridized carbons (Fsp3) is 0.667. The van der Waals surface area contributed by atoms with Crippen molar-refractivity contribution in [3.05, 3.63) is 16.6 Å². The van der Waals surface area contributed by atoms with Crippen LogP contribution in [0.1, 0.15) is 10.6 Å². The molecule has 0 amide bonds. The molecule has 1 aromatic rings. The molecule has 1 fully saturated rings. The van der Waals surface area contributed by atoms with Gasteiger partial charge in [-0.15, -0.1) is 0 Å². The Bertz CT molecular complexity index is 344. The van der Waals surface area contributed by atoms with Gasteiger partial charge in [-0.3, -0.25) is 4.90 Å². The summed E-state index contributed by atoms with van der Waals surface area (Å²) in [6.45, 7) is 4.10. The smallest absolute Gasteiger partial charge is 0.314 e.